The Bertz CT molecular complexity index is 854. The van der Waals surface area contributed by atoms with Crippen LogP contribution in [0.4, 0.5) is 14.9 Å². The maximum Gasteiger partial charge on any atom is 0.419 e. The highest BCUT2D eigenvalue weighted by molar-refractivity contribution is 5.96. The summed E-state index contributed by atoms with van der Waals surface area (Å²) in [4.78, 5) is 35.3. The number of carboxylic acid groups (broad SMARTS) is 1. The van der Waals surface area contributed by atoms with E-state index in [-0.39, 0.29) is 16.8 Å². The Morgan fingerprint density at radius 1 is 1.36 bits per heavy atom. The van der Waals surface area contributed by atoms with Gasteiger partial charge in [0.05, 0.1) is 11.7 Å². The van der Waals surface area contributed by atoms with Crippen LogP contribution in [0.25, 0.3) is 11.1 Å². The summed E-state index contributed by atoms with van der Waals surface area (Å²) in [5.41, 5.74) is -0.0226. The van der Waals surface area contributed by atoms with Crippen LogP contribution in [0.2, 0.25) is 0 Å². The number of carbonyl (C=O) groups excluding carboxylic acids is 1. The van der Waals surface area contributed by atoms with E-state index in [1.807, 2.05) is 0 Å². The Morgan fingerprint density at radius 3 is 2.64 bits per heavy atom. The smallest absolute Gasteiger partial charge is 0.419 e. The second-order valence-electron chi connectivity index (χ2n) is 4.95. The largest absolute Gasteiger partial charge is 0.478 e. The van der Waals surface area contributed by atoms with Gasteiger partial charge in [-0.2, -0.15) is 0 Å². The summed E-state index contributed by atoms with van der Waals surface area (Å²) < 4.78 is 24.8. The molecule has 1 saturated heterocycles. The molecule has 1 N–H and O–H groups in total. The summed E-state index contributed by atoms with van der Waals surface area (Å²) in [6.45, 7) is 1.47. The van der Waals surface area contributed by atoms with Crippen molar-refractivity contribution in [2.24, 2.45) is 7.05 Å². The molecule has 1 aliphatic heterocycles. The number of hydrogen-bond donors (Lipinski definition) is 1. The molecule has 22 heavy (non-hydrogen) atoms. The van der Waals surface area contributed by atoms with Crippen molar-refractivity contribution in [3.05, 3.63) is 28.5 Å². The van der Waals surface area contributed by atoms with E-state index in [4.69, 9.17) is 14.3 Å². The summed E-state index contributed by atoms with van der Waals surface area (Å²) >= 11 is 0. The molecule has 0 bridgehead atoms. The lowest BCUT2D eigenvalue weighted by atomic mass is 10.1. The molecule has 0 aliphatic carbocycles. The first-order valence-corrected chi connectivity index (χ1v) is 6.33. The van der Waals surface area contributed by atoms with E-state index in [0.717, 1.165) is 15.5 Å². The fourth-order valence-electron chi connectivity index (χ4n) is 2.52. The number of aliphatic carboxylic acids is 1. The summed E-state index contributed by atoms with van der Waals surface area (Å²) in [5, 5.41) is 8.99. The quantitative estimate of drug-likeness (QED) is 0.890. The number of carboxylic acids is 1. The zero-order valence-corrected chi connectivity index (χ0v) is 11.6. The molecule has 2 heterocycles. The highest BCUT2D eigenvalue weighted by atomic mass is 19.1. The standard InChI is InChI=1S/C13H11FN2O6/c1-5-10(11(17)18)22-13(20)16(5)6-3-7(14)9-8(4-6)21-12(19)15(9)2/h3-5,10H,1-2H3,(H,17,18)/t5?,10-/m1/s1. The molecule has 116 valence electrons. The van der Waals surface area contributed by atoms with E-state index < -0.39 is 35.8 Å². The minimum Gasteiger partial charge on any atom is -0.478 e. The SMILES string of the molecule is CC1[C@H](C(=O)O)OC(=O)N1c1cc(F)c2c(c1)oc(=O)n2C. The van der Waals surface area contributed by atoms with Gasteiger partial charge in [-0.25, -0.2) is 18.8 Å². The second-order valence-corrected chi connectivity index (χ2v) is 4.95. The monoisotopic (exact) mass is 310 g/mol. The van der Waals surface area contributed by atoms with Gasteiger partial charge < -0.3 is 14.3 Å². The molecule has 1 aliphatic rings. The number of anilines is 1. The minimum absolute atomic E-state index is 0.0382. The van der Waals surface area contributed by atoms with Crippen LogP contribution in [0, 0.1) is 5.82 Å². The maximum absolute atomic E-state index is 14.2. The molecule has 1 unspecified atom stereocenters. The van der Waals surface area contributed by atoms with Gasteiger partial charge in [0, 0.05) is 19.2 Å². The van der Waals surface area contributed by atoms with Gasteiger partial charge in [-0.1, -0.05) is 0 Å². The van der Waals surface area contributed by atoms with Gasteiger partial charge >= 0.3 is 17.8 Å². The van der Waals surface area contributed by atoms with E-state index in [0.29, 0.717) is 0 Å². The van der Waals surface area contributed by atoms with E-state index in [1.54, 1.807) is 0 Å². The van der Waals surface area contributed by atoms with Gasteiger partial charge in [0.2, 0.25) is 6.10 Å². The number of aryl methyl sites for hydroxylation is 1. The third-order valence-corrected chi connectivity index (χ3v) is 3.61. The molecule has 3 rings (SSSR count). The van der Waals surface area contributed by atoms with Crippen molar-refractivity contribution in [2.75, 3.05) is 4.90 Å². The summed E-state index contributed by atoms with van der Waals surface area (Å²) in [7, 11) is 1.35. The van der Waals surface area contributed by atoms with Gasteiger partial charge in [0.15, 0.2) is 11.4 Å². The molecule has 2 aromatic rings. The first-order valence-electron chi connectivity index (χ1n) is 6.33. The third-order valence-electron chi connectivity index (χ3n) is 3.61. The fourth-order valence-corrected chi connectivity index (χ4v) is 2.52. The number of cyclic esters (lactones) is 1. The van der Waals surface area contributed by atoms with Crippen molar-refractivity contribution in [1.82, 2.24) is 4.57 Å². The zero-order valence-electron chi connectivity index (χ0n) is 11.6. The Hall–Kier alpha value is -2.84. The molecule has 8 nitrogen and oxygen atoms in total. The lowest BCUT2D eigenvalue weighted by molar-refractivity contribution is -0.145. The molecule has 0 radical (unpaired) electrons. The molecule has 2 atom stereocenters. The van der Waals surface area contributed by atoms with Crippen LogP contribution in [0.1, 0.15) is 6.92 Å². The molecule has 0 spiro atoms. The highest BCUT2D eigenvalue weighted by Crippen LogP contribution is 2.31. The average Bonchev–Trinajstić information content (AvgIpc) is 2.87. The van der Waals surface area contributed by atoms with Crippen molar-refractivity contribution in [3.8, 4) is 0 Å². The van der Waals surface area contributed by atoms with Crippen molar-refractivity contribution in [2.45, 2.75) is 19.1 Å². The van der Waals surface area contributed by atoms with Crippen LogP contribution in [-0.2, 0) is 16.6 Å². The number of fused-ring (bicyclic) bond motifs is 1. The molecular formula is C13H11FN2O6. The second kappa shape index (κ2) is 4.58. The van der Waals surface area contributed by atoms with Crippen LogP contribution in [0.5, 0.6) is 0 Å². The molecular weight excluding hydrogens is 299 g/mol. The predicted molar refractivity (Wildman–Crippen MR) is 71.3 cm³/mol. The summed E-state index contributed by atoms with van der Waals surface area (Å²) in [6.07, 6.45) is -2.26. The maximum atomic E-state index is 14.2. The fraction of sp³-hybridized carbons (Fsp3) is 0.308. The Labute approximate surface area is 122 Å². The van der Waals surface area contributed by atoms with E-state index in [2.05, 4.69) is 0 Å². The summed E-state index contributed by atoms with van der Waals surface area (Å²) in [6, 6.07) is 1.48. The number of nitrogens with zero attached hydrogens (tertiary/aromatic N) is 2. The van der Waals surface area contributed by atoms with Gasteiger partial charge in [-0.15, -0.1) is 0 Å². The molecule has 1 aromatic heterocycles. The molecule has 9 heteroatoms. The van der Waals surface area contributed by atoms with Gasteiger partial charge in [-0.3, -0.25) is 9.47 Å². The highest BCUT2D eigenvalue weighted by Gasteiger charge is 2.44. The van der Waals surface area contributed by atoms with Crippen LogP contribution in [0.15, 0.2) is 21.3 Å². The minimum atomic E-state index is -1.35. The van der Waals surface area contributed by atoms with Gasteiger partial charge in [0.1, 0.15) is 5.52 Å². The van der Waals surface area contributed by atoms with E-state index in [9.17, 15) is 18.8 Å². The Balaban J connectivity index is 2.13. The predicted octanol–water partition coefficient (Wildman–Crippen LogP) is 1.07. The molecule has 1 aromatic carbocycles. The number of aromatic nitrogens is 1. The number of rotatable bonds is 2. The first-order chi connectivity index (χ1) is 10.3. The third kappa shape index (κ3) is 1.85. The molecule has 0 saturated carbocycles. The first kappa shape index (κ1) is 14.1. The van der Waals surface area contributed by atoms with Gasteiger partial charge in [-0.05, 0) is 6.92 Å². The lowest BCUT2D eigenvalue weighted by Crippen LogP contribution is -2.37. The van der Waals surface area contributed by atoms with E-state index >= 15 is 0 Å². The number of ether oxygens (including phenoxy) is 1. The van der Waals surface area contributed by atoms with Crippen LogP contribution < -0.4 is 10.7 Å². The molecule has 1 amide bonds. The normalized spacial score (nSPS) is 21.4. The average molecular weight is 310 g/mol. The number of benzene rings is 1. The zero-order chi connectivity index (χ0) is 16.2. The topological polar surface area (TPSA) is 102 Å². The van der Waals surface area contributed by atoms with Crippen molar-refractivity contribution >= 4 is 28.8 Å². The van der Waals surface area contributed by atoms with Crippen LogP contribution >= 0.6 is 0 Å². The number of hydrogen-bond acceptors (Lipinski definition) is 5. The van der Waals surface area contributed by atoms with E-state index in [1.165, 1.54) is 20.0 Å². The number of oxazole rings is 1. The number of amides is 1. The summed E-state index contributed by atoms with van der Waals surface area (Å²) in [5.74, 6) is -2.80. The Kier molecular flexibility index (Phi) is 2.94. The van der Waals surface area contributed by atoms with Crippen molar-refractivity contribution < 1.29 is 28.2 Å². The van der Waals surface area contributed by atoms with Crippen LogP contribution in [0.3, 0.4) is 0 Å². The molecule has 1 fully saturated rings. The Morgan fingerprint density at radius 2 is 2.05 bits per heavy atom. The van der Waals surface area contributed by atoms with Crippen molar-refractivity contribution in [1.29, 1.82) is 0 Å². The lowest BCUT2D eigenvalue weighted by Gasteiger charge is -2.19. The number of carbonyl (C=O) groups is 2. The van der Waals surface area contributed by atoms with Crippen molar-refractivity contribution in [3.63, 3.8) is 0 Å². The van der Waals surface area contributed by atoms with Gasteiger partial charge in [0.25, 0.3) is 0 Å². The van der Waals surface area contributed by atoms with Crippen LogP contribution in [-0.4, -0.2) is 33.9 Å². The number of halogens is 1.